The summed E-state index contributed by atoms with van der Waals surface area (Å²) in [6.45, 7) is 2.08. The number of nitrogens with zero attached hydrogens (tertiary/aromatic N) is 1. The summed E-state index contributed by atoms with van der Waals surface area (Å²) in [6.07, 6.45) is 0. The van der Waals surface area contributed by atoms with Gasteiger partial charge in [-0.3, -0.25) is 4.79 Å². The highest BCUT2D eigenvalue weighted by molar-refractivity contribution is 9.10. The van der Waals surface area contributed by atoms with E-state index in [0.29, 0.717) is 6.54 Å². The third-order valence-electron chi connectivity index (χ3n) is 1.39. The fourth-order valence-corrected chi connectivity index (χ4v) is 2.30. The molecule has 1 aromatic rings. The van der Waals surface area contributed by atoms with Gasteiger partial charge in [0.15, 0.2) is 0 Å². The number of likely N-dealkylation sites (N-methyl/N-ethyl adjacent to an activating group) is 1. The van der Waals surface area contributed by atoms with Crippen molar-refractivity contribution in [3.05, 3.63) is 15.9 Å². The molecule has 0 N–H and O–H groups in total. The Morgan fingerprint density at radius 1 is 1.75 bits per heavy atom. The number of carbonyl (C=O) groups is 1. The van der Waals surface area contributed by atoms with Crippen LogP contribution in [0, 0.1) is 0 Å². The maximum Gasteiger partial charge on any atom is 0.149 e. The lowest BCUT2D eigenvalue weighted by molar-refractivity contribution is -0.115. The lowest BCUT2D eigenvalue weighted by Gasteiger charge is -2.13. The van der Waals surface area contributed by atoms with Gasteiger partial charge < -0.3 is 4.90 Å². The molecule has 0 bridgehead atoms. The van der Waals surface area contributed by atoms with Gasteiger partial charge in [0.25, 0.3) is 0 Å². The van der Waals surface area contributed by atoms with Crippen LogP contribution in [0.5, 0.6) is 0 Å². The first-order chi connectivity index (χ1) is 5.59. The molecule has 0 fully saturated rings. The summed E-state index contributed by atoms with van der Waals surface area (Å²) in [5.74, 6) is 0.182. The SMILES string of the molecule is CC(=O)CN(C)c1cc(Br)cs1. The van der Waals surface area contributed by atoms with E-state index in [1.165, 1.54) is 0 Å². The Kier molecular flexibility index (Phi) is 3.29. The Balaban J connectivity index is 2.64. The molecule has 0 unspecified atom stereocenters. The van der Waals surface area contributed by atoms with Crippen molar-refractivity contribution in [2.75, 3.05) is 18.5 Å². The van der Waals surface area contributed by atoms with E-state index in [-0.39, 0.29) is 5.78 Å². The number of thiophene rings is 1. The van der Waals surface area contributed by atoms with Crippen LogP contribution < -0.4 is 4.90 Å². The van der Waals surface area contributed by atoms with Crippen LogP contribution in [-0.4, -0.2) is 19.4 Å². The zero-order chi connectivity index (χ0) is 9.14. The molecule has 1 aromatic heterocycles. The molecule has 0 saturated heterocycles. The number of ketones is 1. The van der Waals surface area contributed by atoms with Gasteiger partial charge in [0.2, 0.25) is 0 Å². The smallest absolute Gasteiger partial charge is 0.149 e. The van der Waals surface area contributed by atoms with E-state index < -0.39 is 0 Å². The molecule has 0 aliphatic rings. The number of hydrogen-bond acceptors (Lipinski definition) is 3. The minimum atomic E-state index is 0.182. The third-order valence-corrected chi connectivity index (χ3v) is 3.19. The van der Waals surface area contributed by atoms with Crippen LogP contribution in [0.4, 0.5) is 5.00 Å². The van der Waals surface area contributed by atoms with Crippen molar-refractivity contribution in [2.24, 2.45) is 0 Å². The van der Waals surface area contributed by atoms with Gasteiger partial charge in [-0.2, -0.15) is 0 Å². The monoisotopic (exact) mass is 247 g/mol. The van der Waals surface area contributed by atoms with Gasteiger partial charge in [0.05, 0.1) is 11.5 Å². The lowest BCUT2D eigenvalue weighted by Crippen LogP contribution is -2.22. The molecule has 0 spiro atoms. The van der Waals surface area contributed by atoms with Crippen molar-refractivity contribution in [1.29, 1.82) is 0 Å². The molecule has 2 nitrogen and oxygen atoms in total. The van der Waals surface area contributed by atoms with E-state index in [4.69, 9.17) is 0 Å². The number of halogens is 1. The Morgan fingerprint density at radius 3 is 2.83 bits per heavy atom. The molecule has 0 atom stereocenters. The average molecular weight is 248 g/mol. The second kappa shape index (κ2) is 4.05. The molecular weight excluding hydrogens is 238 g/mol. The molecule has 0 radical (unpaired) electrons. The lowest BCUT2D eigenvalue weighted by atomic mass is 10.4. The summed E-state index contributed by atoms with van der Waals surface area (Å²) in [4.78, 5) is 12.7. The number of Topliss-reactive ketones (excluding diaryl/α,β-unsaturated/α-hetero) is 1. The van der Waals surface area contributed by atoms with E-state index in [0.717, 1.165) is 9.47 Å². The quantitative estimate of drug-likeness (QED) is 0.819. The minimum absolute atomic E-state index is 0.182. The van der Waals surface area contributed by atoms with Gasteiger partial charge in [0, 0.05) is 16.9 Å². The van der Waals surface area contributed by atoms with Crippen LogP contribution in [0.1, 0.15) is 6.92 Å². The molecular formula is C8H10BrNOS. The van der Waals surface area contributed by atoms with Crippen molar-refractivity contribution in [3.63, 3.8) is 0 Å². The Hall–Kier alpha value is -0.350. The topological polar surface area (TPSA) is 20.3 Å². The second-order valence-electron chi connectivity index (χ2n) is 2.66. The zero-order valence-corrected chi connectivity index (χ0v) is 9.41. The molecule has 0 saturated carbocycles. The van der Waals surface area contributed by atoms with Crippen LogP contribution in [-0.2, 0) is 4.79 Å². The summed E-state index contributed by atoms with van der Waals surface area (Å²) in [5, 5.41) is 3.11. The van der Waals surface area contributed by atoms with E-state index in [2.05, 4.69) is 15.9 Å². The zero-order valence-electron chi connectivity index (χ0n) is 7.00. The van der Waals surface area contributed by atoms with Crippen LogP contribution >= 0.6 is 27.3 Å². The first kappa shape index (κ1) is 9.74. The van der Waals surface area contributed by atoms with Crippen molar-refractivity contribution < 1.29 is 4.79 Å². The van der Waals surface area contributed by atoms with Gasteiger partial charge in [-0.05, 0) is 28.9 Å². The summed E-state index contributed by atoms with van der Waals surface area (Å²) in [7, 11) is 1.92. The van der Waals surface area contributed by atoms with Crippen LogP contribution in [0.15, 0.2) is 15.9 Å². The van der Waals surface area contributed by atoms with Crippen molar-refractivity contribution in [1.82, 2.24) is 0 Å². The van der Waals surface area contributed by atoms with E-state index in [1.807, 2.05) is 23.4 Å². The van der Waals surface area contributed by atoms with Gasteiger partial charge in [-0.15, -0.1) is 11.3 Å². The third kappa shape index (κ3) is 2.60. The molecule has 1 rings (SSSR count). The van der Waals surface area contributed by atoms with Crippen molar-refractivity contribution in [2.45, 2.75) is 6.92 Å². The van der Waals surface area contributed by atoms with E-state index >= 15 is 0 Å². The van der Waals surface area contributed by atoms with Crippen LogP contribution in [0.2, 0.25) is 0 Å². The fourth-order valence-electron chi connectivity index (χ4n) is 0.915. The Bertz CT molecular complexity index is 284. The average Bonchev–Trinajstić information content (AvgIpc) is 2.34. The first-order valence-corrected chi connectivity index (χ1v) is 5.21. The van der Waals surface area contributed by atoms with Gasteiger partial charge in [-0.1, -0.05) is 0 Å². The van der Waals surface area contributed by atoms with Crippen molar-refractivity contribution >= 4 is 38.1 Å². The van der Waals surface area contributed by atoms with E-state index in [1.54, 1.807) is 18.3 Å². The molecule has 0 amide bonds. The maximum atomic E-state index is 10.8. The standard InChI is InChI=1S/C8H10BrNOS/c1-6(11)4-10(2)8-3-7(9)5-12-8/h3,5H,4H2,1-2H3. The number of hydrogen-bond donors (Lipinski definition) is 0. The van der Waals surface area contributed by atoms with Crippen LogP contribution in [0.25, 0.3) is 0 Å². The number of anilines is 1. The number of rotatable bonds is 3. The highest BCUT2D eigenvalue weighted by Gasteiger charge is 2.05. The van der Waals surface area contributed by atoms with Gasteiger partial charge >= 0.3 is 0 Å². The number of carbonyl (C=O) groups excluding carboxylic acids is 1. The predicted octanol–water partition coefficient (Wildman–Crippen LogP) is 2.54. The minimum Gasteiger partial charge on any atom is -0.359 e. The summed E-state index contributed by atoms with van der Waals surface area (Å²) < 4.78 is 1.07. The summed E-state index contributed by atoms with van der Waals surface area (Å²) in [6, 6.07) is 2.01. The first-order valence-electron chi connectivity index (χ1n) is 3.54. The highest BCUT2D eigenvalue weighted by Crippen LogP contribution is 2.26. The molecule has 12 heavy (non-hydrogen) atoms. The molecule has 0 aliphatic heterocycles. The maximum absolute atomic E-state index is 10.8. The fraction of sp³-hybridized carbons (Fsp3) is 0.375. The molecule has 0 aliphatic carbocycles. The van der Waals surface area contributed by atoms with Gasteiger partial charge in [0.1, 0.15) is 5.78 Å². The predicted molar refractivity (Wildman–Crippen MR) is 56.0 cm³/mol. The van der Waals surface area contributed by atoms with Crippen molar-refractivity contribution in [3.8, 4) is 0 Å². The van der Waals surface area contributed by atoms with Crippen LogP contribution in [0.3, 0.4) is 0 Å². The largest absolute Gasteiger partial charge is 0.359 e. The molecule has 1 heterocycles. The Labute approximate surface area is 84.3 Å². The highest BCUT2D eigenvalue weighted by atomic mass is 79.9. The normalized spacial score (nSPS) is 9.92. The Morgan fingerprint density at radius 2 is 2.42 bits per heavy atom. The summed E-state index contributed by atoms with van der Waals surface area (Å²) in [5.41, 5.74) is 0. The van der Waals surface area contributed by atoms with E-state index in [9.17, 15) is 4.79 Å². The molecule has 66 valence electrons. The second-order valence-corrected chi connectivity index (χ2v) is 4.47. The molecule has 0 aromatic carbocycles. The summed E-state index contributed by atoms with van der Waals surface area (Å²) >= 11 is 4.99. The molecule has 4 heteroatoms. The van der Waals surface area contributed by atoms with Gasteiger partial charge in [-0.25, -0.2) is 0 Å².